The van der Waals surface area contributed by atoms with Crippen LogP contribution in [-0.2, 0) is 5.41 Å². The highest BCUT2D eigenvalue weighted by atomic mass is 32.1. The van der Waals surface area contributed by atoms with Crippen LogP contribution in [-0.4, -0.2) is 15.0 Å². The molecule has 2 aromatic heterocycles. The third-order valence-corrected chi connectivity index (χ3v) is 14.2. The van der Waals surface area contributed by atoms with Gasteiger partial charge in [-0.2, -0.15) is 0 Å². The minimum absolute atomic E-state index is 0.327. The predicted molar refractivity (Wildman–Crippen MR) is 256 cm³/mol. The van der Waals surface area contributed by atoms with E-state index in [0.717, 1.165) is 27.8 Å². The van der Waals surface area contributed by atoms with Gasteiger partial charge < -0.3 is 0 Å². The maximum atomic E-state index is 5.14. The Morgan fingerprint density at radius 3 is 1.37 bits per heavy atom. The lowest BCUT2D eigenvalue weighted by Gasteiger charge is -2.30. The molecule has 288 valence electrons. The van der Waals surface area contributed by atoms with Gasteiger partial charge in [0.1, 0.15) is 0 Å². The zero-order chi connectivity index (χ0) is 40.8. The quantitative estimate of drug-likeness (QED) is 0.174. The van der Waals surface area contributed by atoms with Gasteiger partial charge in [-0.3, -0.25) is 0 Å². The van der Waals surface area contributed by atoms with Crippen LogP contribution in [0.3, 0.4) is 0 Å². The fourth-order valence-corrected chi connectivity index (χ4v) is 11.4. The van der Waals surface area contributed by atoms with Gasteiger partial charge in [0.05, 0.1) is 5.41 Å². The van der Waals surface area contributed by atoms with Gasteiger partial charge in [0.2, 0.25) is 0 Å². The molecular weight excluding hydrogens is 771 g/mol. The minimum atomic E-state index is -0.327. The summed E-state index contributed by atoms with van der Waals surface area (Å²) in [5.74, 6) is 1.98. The summed E-state index contributed by atoms with van der Waals surface area (Å²) in [6.07, 6.45) is 0. The van der Waals surface area contributed by atoms with Crippen LogP contribution < -0.4 is 0 Å². The van der Waals surface area contributed by atoms with Crippen molar-refractivity contribution in [3.8, 4) is 78.7 Å². The Kier molecular flexibility index (Phi) is 7.69. The molecule has 0 unspecified atom stereocenters. The van der Waals surface area contributed by atoms with Crippen LogP contribution >= 0.6 is 11.3 Å². The summed E-state index contributed by atoms with van der Waals surface area (Å²) < 4.78 is 2.44. The predicted octanol–water partition coefficient (Wildman–Crippen LogP) is 14.9. The summed E-state index contributed by atoms with van der Waals surface area (Å²) in [5, 5.41) is 2.47. The molecule has 0 amide bonds. The highest BCUT2D eigenvalue weighted by Crippen LogP contribution is 2.63. The Morgan fingerprint density at radius 1 is 0.290 bits per heavy atom. The summed E-state index contributed by atoms with van der Waals surface area (Å²) >= 11 is 1.79. The number of nitrogens with zero attached hydrogens (tertiary/aromatic N) is 3. The number of hydrogen-bond donors (Lipinski definition) is 0. The highest BCUT2D eigenvalue weighted by molar-refractivity contribution is 7.26. The van der Waals surface area contributed by atoms with E-state index in [4.69, 9.17) is 15.0 Å². The fourth-order valence-electron chi connectivity index (χ4n) is 10.2. The Morgan fingerprint density at radius 2 is 0.726 bits per heavy atom. The molecule has 0 aliphatic heterocycles. The molecule has 0 N–H and O–H groups in total. The fraction of sp³-hybridized carbons (Fsp3) is 0.0172. The molecule has 0 saturated heterocycles. The maximum absolute atomic E-state index is 5.14. The van der Waals surface area contributed by atoms with E-state index in [1.807, 2.05) is 18.2 Å². The molecule has 0 fully saturated rings. The van der Waals surface area contributed by atoms with Gasteiger partial charge in [0.15, 0.2) is 17.5 Å². The minimum Gasteiger partial charge on any atom is -0.208 e. The van der Waals surface area contributed by atoms with Crippen LogP contribution in [0.4, 0.5) is 0 Å². The van der Waals surface area contributed by atoms with Crippen molar-refractivity contribution in [2.45, 2.75) is 5.41 Å². The first-order valence-corrected chi connectivity index (χ1v) is 21.9. The second-order valence-corrected chi connectivity index (χ2v) is 17.3. The second kappa shape index (κ2) is 13.6. The second-order valence-electron chi connectivity index (χ2n) is 16.3. The lowest BCUT2D eigenvalue weighted by atomic mass is 9.70. The van der Waals surface area contributed by atoms with E-state index in [9.17, 15) is 0 Å². The third kappa shape index (κ3) is 5.14. The van der Waals surface area contributed by atoms with Crippen molar-refractivity contribution in [1.29, 1.82) is 0 Å². The third-order valence-electron chi connectivity index (χ3n) is 13.0. The van der Waals surface area contributed by atoms with Crippen molar-refractivity contribution in [1.82, 2.24) is 15.0 Å². The van der Waals surface area contributed by atoms with E-state index in [-0.39, 0.29) is 5.41 Å². The molecule has 2 aliphatic carbocycles. The summed E-state index contributed by atoms with van der Waals surface area (Å²) in [7, 11) is 0. The largest absolute Gasteiger partial charge is 0.208 e. The lowest BCUT2D eigenvalue weighted by Crippen LogP contribution is -2.25. The van der Waals surface area contributed by atoms with Crippen LogP contribution in [0, 0.1) is 0 Å². The smallest absolute Gasteiger partial charge is 0.165 e. The standard InChI is InChI=1S/C58H35N3S/c1-2-13-39(14-3-1)55-59-56(61-57(60-55)47-20-12-19-46-45-18-7-11-24-53(45)62-54(46)47)40-31-29-37(30-32-40)36-25-27-38(28-26-36)41-33-34-52-48(35-41)44-17-6-10-23-51(44)58(52)49-21-8-4-15-42(49)43-16-5-9-22-50(43)58/h1-35H. The number of fused-ring (bicyclic) bond motifs is 13. The molecule has 0 radical (unpaired) electrons. The molecule has 2 heterocycles. The lowest BCUT2D eigenvalue weighted by molar-refractivity contribution is 0.794. The molecule has 62 heavy (non-hydrogen) atoms. The molecule has 0 atom stereocenters. The van der Waals surface area contributed by atoms with Gasteiger partial charge in [-0.25, -0.2) is 15.0 Å². The number of thiophene rings is 1. The van der Waals surface area contributed by atoms with Crippen molar-refractivity contribution >= 4 is 31.5 Å². The Hall–Kier alpha value is -7.79. The van der Waals surface area contributed by atoms with E-state index in [1.165, 1.54) is 75.8 Å². The molecule has 0 bridgehead atoms. The zero-order valence-electron chi connectivity index (χ0n) is 33.5. The summed E-state index contributed by atoms with van der Waals surface area (Å²) in [4.78, 5) is 15.2. The van der Waals surface area contributed by atoms with Gasteiger partial charge in [-0.15, -0.1) is 11.3 Å². The molecular formula is C58H35N3S. The average molecular weight is 806 g/mol. The van der Waals surface area contributed by atoms with Gasteiger partial charge in [-0.1, -0.05) is 194 Å². The van der Waals surface area contributed by atoms with E-state index < -0.39 is 0 Å². The van der Waals surface area contributed by atoms with Gasteiger partial charge in [-0.05, 0) is 85.0 Å². The van der Waals surface area contributed by atoms with Crippen molar-refractivity contribution in [3.05, 3.63) is 235 Å². The molecule has 9 aromatic carbocycles. The van der Waals surface area contributed by atoms with Crippen LogP contribution in [0.2, 0.25) is 0 Å². The Balaban J connectivity index is 0.848. The molecule has 11 aromatic rings. The number of hydrogen-bond acceptors (Lipinski definition) is 4. The number of benzene rings is 9. The first-order chi connectivity index (χ1) is 30.7. The zero-order valence-corrected chi connectivity index (χ0v) is 34.3. The molecule has 3 nitrogen and oxygen atoms in total. The van der Waals surface area contributed by atoms with Crippen molar-refractivity contribution in [2.75, 3.05) is 0 Å². The number of rotatable bonds is 5. The van der Waals surface area contributed by atoms with Crippen molar-refractivity contribution in [3.63, 3.8) is 0 Å². The first kappa shape index (κ1) is 35.0. The molecule has 2 aliphatic rings. The van der Waals surface area contributed by atoms with Gasteiger partial charge >= 0.3 is 0 Å². The van der Waals surface area contributed by atoms with Gasteiger partial charge in [0.25, 0.3) is 0 Å². The molecule has 1 spiro atoms. The van der Waals surface area contributed by atoms with Crippen molar-refractivity contribution in [2.24, 2.45) is 0 Å². The number of aromatic nitrogens is 3. The van der Waals surface area contributed by atoms with Gasteiger partial charge in [0, 0.05) is 36.9 Å². The van der Waals surface area contributed by atoms with E-state index in [1.54, 1.807) is 11.3 Å². The van der Waals surface area contributed by atoms with Crippen LogP contribution in [0.25, 0.3) is 98.8 Å². The van der Waals surface area contributed by atoms with Crippen LogP contribution in [0.5, 0.6) is 0 Å². The van der Waals surface area contributed by atoms with E-state index in [2.05, 4.69) is 194 Å². The molecule has 0 saturated carbocycles. The van der Waals surface area contributed by atoms with E-state index in [0.29, 0.717) is 17.5 Å². The Bertz CT molecular complexity index is 3520. The molecule has 4 heteroatoms. The average Bonchev–Trinajstić information content (AvgIpc) is 3.98. The normalized spacial score (nSPS) is 13.0. The summed E-state index contributed by atoms with van der Waals surface area (Å²) in [6.45, 7) is 0. The highest BCUT2D eigenvalue weighted by Gasteiger charge is 2.51. The monoisotopic (exact) mass is 805 g/mol. The molecule has 13 rings (SSSR count). The Labute approximate surface area is 363 Å². The van der Waals surface area contributed by atoms with Crippen molar-refractivity contribution < 1.29 is 0 Å². The maximum Gasteiger partial charge on any atom is 0.165 e. The first-order valence-electron chi connectivity index (χ1n) is 21.1. The summed E-state index contributed by atoms with van der Waals surface area (Å²) in [6, 6.07) is 76.8. The van der Waals surface area contributed by atoms with Crippen LogP contribution in [0.1, 0.15) is 22.3 Å². The topological polar surface area (TPSA) is 38.7 Å². The SMILES string of the molecule is c1ccc(-c2nc(-c3ccc(-c4ccc(-c5ccc6c(c5)-c5ccccc5C65c6ccccc6-c6ccccc65)cc4)cc3)nc(-c3cccc4c3sc3ccccc34)n2)cc1. The van der Waals surface area contributed by atoms with E-state index >= 15 is 0 Å². The van der Waals surface area contributed by atoms with Crippen LogP contribution in [0.15, 0.2) is 212 Å². The summed E-state index contributed by atoms with van der Waals surface area (Å²) in [5.41, 5.74) is 18.0.